The highest BCUT2D eigenvalue weighted by atomic mass is 32.1. The second-order valence-electron chi connectivity index (χ2n) is 7.54. The summed E-state index contributed by atoms with van der Waals surface area (Å²) < 4.78 is 2.49. The highest BCUT2D eigenvalue weighted by molar-refractivity contribution is 7.20. The van der Waals surface area contributed by atoms with Gasteiger partial charge in [-0.15, -0.1) is 11.3 Å². The Balaban J connectivity index is 1.41. The number of amides is 1. The maximum atomic E-state index is 12.7. The molecule has 0 unspecified atom stereocenters. The van der Waals surface area contributed by atoms with Crippen LogP contribution in [-0.2, 0) is 20.6 Å². The van der Waals surface area contributed by atoms with Crippen LogP contribution in [0.3, 0.4) is 0 Å². The molecule has 0 atom stereocenters. The summed E-state index contributed by atoms with van der Waals surface area (Å²) in [6.45, 7) is 2.79. The second kappa shape index (κ2) is 7.96. The first kappa shape index (κ1) is 19.6. The Morgan fingerprint density at radius 1 is 1.10 bits per heavy atom. The third-order valence-corrected chi connectivity index (χ3v) is 6.73. The van der Waals surface area contributed by atoms with Gasteiger partial charge < -0.3 is 5.32 Å². The molecular formula is C21H24N4O3S. The number of fused-ring (bicyclic) bond motifs is 1. The lowest BCUT2D eigenvalue weighted by molar-refractivity contribution is 0.0913. The lowest BCUT2D eigenvalue weighted by Crippen LogP contribution is -2.44. The van der Waals surface area contributed by atoms with Crippen molar-refractivity contribution in [3.63, 3.8) is 0 Å². The Labute approximate surface area is 172 Å². The molecule has 4 rings (SSSR count). The van der Waals surface area contributed by atoms with Crippen molar-refractivity contribution in [3.8, 4) is 0 Å². The van der Waals surface area contributed by atoms with Gasteiger partial charge in [0.1, 0.15) is 4.83 Å². The predicted octanol–water partition coefficient (Wildman–Crippen LogP) is 1.69. The highest BCUT2D eigenvalue weighted by Gasteiger charge is 2.23. The monoisotopic (exact) mass is 412 g/mol. The molecule has 1 aliphatic heterocycles. The Morgan fingerprint density at radius 3 is 2.48 bits per heavy atom. The van der Waals surface area contributed by atoms with Crippen LogP contribution in [0, 0.1) is 0 Å². The lowest BCUT2D eigenvalue weighted by atomic mass is 10.0. The van der Waals surface area contributed by atoms with Gasteiger partial charge in [-0.1, -0.05) is 30.3 Å². The molecule has 1 aromatic carbocycles. The van der Waals surface area contributed by atoms with Crippen molar-refractivity contribution in [1.29, 1.82) is 0 Å². The minimum absolute atomic E-state index is 0.117. The molecule has 8 heteroatoms. The molecule has 3 aromatic rings. The normalized spacial score (nSPS) is 15.7. The van der Waals surface area contributed by atoms with Crippen molar-refractivity contribution in [2.24, 2.45) is 14.1 Å². The molecule has 0 aliphatic carbocycles. The molecule has 7 nitrogen and oxygen atoms in total. The van der Waals surface area contributed by atoms with E-state index in [2.05, 4.69) is 34.5 Å². The molecule has 1 amide bonds. The van der Waals surface area contributed by atoms with Crippen LogP contribution in [0.4, 0.5) is 0 Å². The van der Waals surface area contributed by atoms with Crippen LogP contribution in [0.1, 0.15) is 28.1 Å². The minimum Gasteiger partial charge on any atom is -0.349 e. The van der Waals surface area contributed by atoms with Crippen LogP contribution in [0.15, 0.2) is 46.0 Å². The first-order valence-corrected chi connectivity index (χ1v) is 10.5. The summed E-state index contributed by atoms with van der Waals surface area (Å²) >= 11 is 1.19. The first-order valence-electron chi connectivity index (χ1n) is 9.70. The van der Waals surface area contributed by atoms with E-state index in [9.17, 15) is 14.4 Å². The molecule has 0 bridgehead atoms. The molecule has 2 aromatic heterocycles. The zero-order valence-corrected chi connectivity index (χ0v) is 17.4. The van der Waals surface area contributed by atoms with E-state index in [1.165, 1.54) is 28.5 Å². The van der Waals surface area contributed by atoms with Gasteiger partial charge in [-0.2, -0.15) is 0 Å². The number of hydrogen-bond acceptors (Lipinski definition) is 5. The molecule has 29 heavy (non-hydrogen) atoms. The fraction of sp³-hybridized carbons (Fsp3) is 0.381. The largest absolute Gasteiger partial charge is 0.349 e. The van der Waals surface area contributed by atoms with Crippen LogP contribution in [-0.4, -0.2) is 39.1 Å². The van der Waals surface area contributed by atoms with Gasteiger partial charge in [0.25, 0.3) is 11.5 Å². The van der Waals surface area contributed by atoms with Crippen molar-refractivity contribution in [3.05, 3.63) is 67.7 Å². The molecule has 152 valence electrons. The van der Waals surface area contributed by atoms with E-state index in [-0.39, 0.29) is 23.2 Å². The summed E-state index contributed by atoms with van der Waals surface area (Å²) in [5.41, 5.74) is 0.544. The number of aromatic nitrogens is 2. The molecule has 1 fully saturated rings. The fourth-order valence-corrected chi connectivity index (χ4v) is 4.82. The van der Waals surface area contributed by atoms with Gasteiger partial charge in [-0.05, 0) is 24.5 Å². The van der Waals surface area contributed by atoms with E-state index < -0.39 is 0 Å². The summed E-state index contributed by atoms with van der Waals surface area (Å²) in [6, 6.07) is 12.1. The Hall–Kier alpha value is -2.71. The molecule has 1 N–H and O–H groups in total. The van der Waals surface area contributed by atoms with Gasteiger partial charge in [-0.25, -0.2) is 4.79 Å². The third kappa shape index (κ3) is 3.90. The zero-order valence-electron chi connectivity index (χ0n) is 16.6. The molecule has 1 saturated heterocycles. The molecule has 0 spiro atoms. The van der Waals surface area contributed by atoms with Crippen LogP contribution in [0.2, 0.25) is 0 Å². The summed E-state index contributed by atoms with van der Waals surface area (Å²) in [4.78, 5) is 40.5. The number of nitrogens with one attached hydrogen (secondary N) is 1. The van der Waals surface area contributed by atoms with E-state index in [1.807, 2.05) is 6.07 Å². The predicted molar refractivity (Wildman–Crippen MR) is 115 cm³/mol. The maximum Gasteiger partial charge on any atom is 0.331 e. The van der Waals surface area contributed by atoms with Crippen molar-refractivity contribution < 1.29 is 4.79 Å². The molecule has 0 radical (unpaired) electrons. The summed E-state index contributed by atoms with van der Waals surface area (Å²) in [7, 11) is 3.06. The maximum absolute atomic E-state index is 12.7. The van der Waals surface area contributed by atoms with Crippen LogP contribution < -0.4 is 16.6 Å². The zero-order chi connectivity index (χ0) is 20.5. The average molecular weight is 413 g/mol. The van der Waals surface area contributed by atoms with Gasteiger partial charge >= 0.3 is 5.69 Å². The minimum atomic E-state index is -0.387. The molecule has 0 saturated carbocycles. The molecule has 3 heterocycles. The van der Waals surface area contributed by atoms with Crippen molar-refractivity contribution in [1.82, 2.24) is 19.4 Å². The standard InChI is InChI=1S/C21H24N4O3S/c1-23-19(27)16-12-17(29-20(16)24(2)21(23)28)18(26)22-15-8-10-25(11-9-15)13-14-6-4-3-5-7-14/h3-7,12,15H,8-11,13H2,1-2H3,(H,22,26). The fourth-order valence-electron chi connectivity index (χ4n) is 3.81. The Bertz CT molecular complexity index is 1150. The highest BCUT2D eigenvalue weighted by Crippen LogP contribution is 2.22. The number of rotatable bonds is 4. The summed E-state index contributed by atoms with van der Waals surface area (Å²) in [5.74, 6) is -0.179. The van der Waals surface area contributed by atoms with Gasteiger partial charge in [0.2, 0.25) is 0 Å². The molecule has 1 aliphatic rings. The summed E-state index contributed by atoms with van der Waals surface area (Å²) in [5, 5.41) is 3.50. The van der Waals surface area contributed by atoms with Crippen LogP contribution in [0.5, 0.6) is 0 Å². The van der Waals surface area contributed by atoms with E-state index in [1.54, 1.807) is 13.1 Å². The Morgan fingerprint density at radius 2 is 1.79 bits per heavy atom. The second-order valence-corrected chi connectivity index (χ2v) is 8.58. The SMILES string of the molecule is Cn1c(=O)c2cc(C(=O)NC3CCN(Cc4ccccc4)CC3)sc2n(C)c1=O. The number of aryl methyl sites for hydroxylation is 1. The number of carbonyl (C=O) groups is 1. The smallest absolute Gasteiger partial charge is 0.331 e. The average Bonchev–Trinajstić information content (AvgIpc) is 3.19. The number of thiophene rings is 1. The van der Waals surface area contributed by atoms with Crippen LogP contribution >= 0.6 is 11.3 Å². The topological polar surface area (TPSA) is 76.3 Å². The number of hydrogen-bond donors (Lipinski definition) is 1. The van der Waals surface area contributed by atoms with Crippen molar-refractivity contribution >= 4 is 27.5 Å². The quantitative estimate of drug-likeness (QED) is 0.708. The third-order valence-electron chi connectivity index (χ3n) is 5.52. The number of carbonyl (C=O) groups excluding carboxylic acids is 1. The van der Waals surface area contributed by atoms with E-state index >= 15 is 0 Å². The number of piperidine rings is 1. The van der Waals surface area contributed by atoms with Gasteiger partial charge in [-0.3, -0.25) is 23.6 Å². The summed E-state index contributed by atoms with van der Waals surface area (Å²) in [6.07, 6.45) is 1.79. The van der Waals surface area contributed by atoms with E-state index in [0.717, 1.165) is 37.0 Å². The van der Waals surface area contributed by atoms with Crippen LogP contribution in [0.25, 0.3) is 10.2 Å². The van der Waals surface area contributed by atoms with E-state index in [0.29, 0.717) is 15.1 Å². The first-order chi connectivity index (χ1) is 13.9. The van der Waals surface area contributed by atoms with E-state index in [4.69, 9.17) is 0 Å². The van der Waals surface area contributed by atoms with Gasteiger partial charge in [0.15, 0.2) is 0 Å². The van der Waals surface area contributed by atoms with Gasteiger partial charge in [0.05, 0.1) is 10.3 Å². The molecular weight excluding hydrogens is 388 g/mol. The van der Waals surface area contributed by atoms with Crippen molar-refractivity contribution in [2.45, 2.75) is 25.4 Å². The number of nitrogens with zero attached hydrogens (tertiary/aromatic N) is 3. The number of likely N-dealkylation sites (tertiary alicyclic amines) is 1. The van der Waals surface area contributed by atoms with Crippen molar-refractivity contribution in [2.75, 3.05) is 13.1 Å². The lowest BCUT2D eigenvalue weighted by Gasteiger charge is -2.32. The number of benzene rings is 1. The van der Waals surface area contributed by atoms with Gasteiger partial charge in [0, 0.05) is 39.8 Å². The Kier molecular flexibility index (Phi) is 5.38.